The van der Waals surface area contributed by atoms with Crippen LogP contribution in [0.5, 0.6) is 0 Å². The second-order valence-corrected chi connectivity index (χ2v) is 6.59. The maximum atomic E-state index is 12.8. The first-order valence-electron chi connectivity index (χ1n) is 8.95. The Labute approximate surface area is 163 Å². The number of allylic oxidation sites excluding steroid dienone is 2. The van der Waals surface area contributed by atoms with Gasteiger partial charge in [-0.25, -0.2) is 9.48 Å². The maximum absolute atomic E-state index is 12.8. The van der Waals surface area contributed by atoms with Gasteiger partial charge in [0.05, 0.1) is 23.8 Å². The topological polar surface area (TPSA) is 103 Å². The molecule has 2 heterocycles. The number of aromatic nitrogens is 2. The Morgan fingerprint density at radius 1 is 1.39 bits per heavy atom. The third-order valence-electron chi connectivity index (χ3n) is 4.62. The molecular formula is C21H22N4O3. The highest BCUT2D eigenvalue weighted by Crippen LogP contribution is 2.42. The number of benzene rings is 1. The zero-order chi connectivity index (χ0) is 20.4. The Balaban J connectivity index is 2.34. The molecule has 0 aliphatic carbocycles. The van der Waals surface area contributed by atoms with Crippen LogP contribution in [0.2, 0.25) is 0 Å². The predicted molar refractivity (Wildman–Crippen MR) is 103 cm³/mol. The Morgan fingerprint density at radius 2 is 2.14 bits per heavy atom. The summed E-state index contributed by atoms with van der Waals surface area (Å²) in [6.45, 7) is 7.52. The van der Waals surface area contributed by atoms with Gasteiger partial charge < -0.3 is 15.2 Å². The van der Waals surface area contributed by atoms with Crippen molar-refractivity contribution >= 4 is 5.97 Å². The minimum absolute atomic E-state index is 0.0105. The van der Waals surface area contributed by atoms with Crippen molar-refractivity contribution in [1.82, 2.24) is 9.78 Å². The van der Waals surface area contributed by atoms with Gasteiger partial charge in [0.2, 0.25) is 5.88 Å². The molecule has 0 amide bonds. The third kappa shape index (κ3) is 3.25. The van der Waals surface area contributed by atoms with Crippen LogP contribution in [-0.2, 0) is 14.3 Å². The van der Waals surface area contributed by atoms with Crippen molar-refractivity contribution in [2.45, 2.75) is 33.6 Å². The molecule has 0 saturated heterocycles. The molecule has 7 heteroatoms. The van der Waals surface area contributed by atoms with Crippen LogP contribution >= 0.6 is 0 Å². The molecule has 0 bridgehead atoms. The molecule has 7 nitrogen and oxygen atoms in total. The molecule has 1 aromatic heterocycles. The van der Waals surface area contributed by atoms with Crippen molar-refractivity contribution in [3.8, 4) is 11.8 Å². The van der Waals surface area contributed by atoms with E-state index in [4.69, 9.17) is 15.2 Å². The van der Waals surface area contributed by atoms with Gasteiger partial charge in [-0.1, -0.05) is 17.7 Å². The van der Waals surface area contributed by atoms with E-state index in [1.165, 1.54) is 0 Å². The van der Waals surface area contributed by atoms with Crippen LogP contribution < -0.4 is 5.73 Å². The van der Waals surface area contributed by atoms with Crippen LogP contribution in [0, 0.1) is 25.2 Å². The van der Waals surface area contributed by atoms with Crippen molar-refractivity contribution in [3.63, 3.8) is 0 Å². The molecule has 2 N–H and O–H groups in total. The van der Waals surface area contributed by atoms with Gasteiger partial charge in [-0.15, -0.1) is 0 Å². The highest BCUT2D eigenvalue weighted by atomic mass is 16.5. The number of ether oxygens (including phenoxy) is 2. The molecule has 28 heavy (non-hydrogen) atoms. The summed E-state index contributed by atoms with van der Waals surface area (Å²) < 4.78 is 12.5. The Bertz CT molecular complexity index is 1030. The number of nitrogens with two attached hydrogens (primary N) is 1. The Hall–Kier alpha value is -3.53. The molecule has 3 rings (SSSR count). The summed E-state index contributed by atoms with van der Waals surface area (Å²) >= 11 is 0. The standard InChI is InChI=1S/C21H22N4O3/c1-5-27-21(26)17-14(4)28-20(23)16(11-22)18(17)15-10-12(2)9-13(3)19(15)25-8-6-7-24-25/h6-10,18H,5,23H2,1-4H3. The summed E-state index contributed by atoms with van der Waals surface area (Å²) in [5.41, 5.74) is 9.94. The monoisotopic (exact) mass is 378 g/mol. The number of hydrogen-bond acceptors (Lipinski definition) is 6. The fourth-order valence-electron chi connectivity index (χ4n) is 3.59. The molecule has 0 radical (unpaired) electrons. The summed E-state index contributed by atoms with van der Waals surface area (Å²) in [5.74, 6) is -0.930. The van der Waals surface area contributed by atoms with Gasteiger partial charge >= 0.3 is 5.97 Å². The number of nitrogens with zero attached hydrogens (tertiary/aromatic N) is 3. The predicted octanol–water partition coefficient (Wildman–Crippen LogP) is 3.13. The normalized spacial score (nSPS) is 16.6. The first-order valence-corrected chi connectivity index (χ1v) is 8.95. The van der Waals surface area contributed by atoms with Crippen molar-refractivity contribution in [2.75, 3.05) is 6.61 Å². The minimum atomic E-state index is -0.712. The summed E-state index contributed by atoms with van der Waals surface area (Å²) in [6, 6.07) is 7.90. The van der Waals surface area contributed by atoms with Gasteiger partial charge in [0, 0.05) is 12.4 Å². The highest BCUT2D eigenvalue weighted by Gasteiger charge is 2.38. The van der Waals surface area contributed by atoms with Crippen LogP contribution in [0.4, 0.5) is 0 Å². The number of nitriles is 1. The van der Waals surface area contributed by atoms with Gasteiger partial charge in [-0.3, -0.25) is 0 Å². The largest absolute Gasteiger partial charge is 0.463 e. The number of carbonyl (C=O) groups is 1. The van der Waals surface area contributed by atoms with E-state index >= 15 is 0 Å². The van der Waals surface area contributed by atoms with Crippen LogP contribution in [0.15, 0.2) is 53.4 Å². The summed E-state index contributed by atoms with van der Waals surface area (Å²) in [5, 5.41) is 14.2. The second-order valence-electron chi connectivity index (χ2n) is 6.59. The molecule has 0 fully saturated rings. The van der Waals surface area contributed by atoms with Crippen LogP contribution in [0.3, 0.4) is 0 Å². The smallest absolute Gasteiger partial charge is 0.338 e. The molecule has 1 unspecified atom stereocenters. The van der Waals surface area contributed by atoms with E-state index < -0.39 is 11.9 Å². The average molecular weight is 378 g/mol. The number of rotatable bonds is 4. The fraction of sp³-hybridized carbons (Fsp3) is 0.286. The first kappa shape index (κ1) is 19.2. The molecule has 1 aliphatic heterocycles. The first-order chi connectivity index (χ1) is 13.4. The molecule has 2 aromatic rings. The zero-order valence-electron chi connectivity index (χ0n) is 16.3. The van der Waals surface area contributed by atoms with Gasteiger partial charge in [-0.05, 0) is 44.9 Å². The lowest BCUT2D eigenvalue weighted by atomic mass is 9.81. The fourth-order valence-corrected chi connectivity index (χ4v) is 3.59. The zero-order valence-corrected chi connectivity index (χ0v) is 16.3. The highest BCUT2D eigenvalue weighted by molar-refractivity contribution is 5.93. The van der Waals surface area contributed by atoms with E-state index in [0.29, 0.717) is 5.76 Å². The SMILES string of the molecule is CCOC(=O)C1=C(C)OC(N)=C(C#N)C1c1cc(C)cc(C)c1-n1cccn1. The van der Waals surface area contributed by atoms with E-state index in [9.17, 15) is 10.1 Å². The molecule has 1 aromatic carbocycles. The van der Waals surface area contributed by atoms with E-state index in [1.807, 2.05) is 38.2 Å². The van der Waals surface area contributed by atoms with E-state index in [0.717, 1.165) is 22.4 Å². The molecule has 1 aliphatic rings. The molecule has 0 spiro atoms. The van der Waals surface area contributed by atoms with E-state index in [1.54, 1.807) is 24.7 Å². The average Bonchev–Trinajstić information content (AvgIpc) is 3.14. The molecule has 0 saturated carbocycles. The number of carbonyl (C=O) groups excluding carboxylic acids is 1. The Kier molecular flexibility index (Phi) is 5.23. The second kappa shape index (κ2) is 7.61. The van der Waals surface area contributed by atoms with Gasteiger partial charge in [0.25, 0.3) is 0 Å². The molecule has 1 atom stereocenters. The minimum Gasteiger partial charge on any atom is -0.463 e. The molecule has 144 valence electrons. The lowest BCUT2D eigenvalue weighted by molar-refractivity contribution is -0.139. The van der Waals surface area contributed by atoms with Crippen LogP contribution in [-0.4, -0.2) is 22.4 Å². The lowest BCUT2D eigenvalue weighted by Gasteiger charge is -2.29. The third-order valence-corrected chi connectivity index (χ3v) is 4.62. The van der Waals surface area contributed by atoms with Crippen molar-refractivity contribution < 1.29 is 14.3 Å². The summed E-state index contributed by atoms with van der Waals surface area (Å²) in [7, 11) is 0. The maximum Gasteiger partial charge on any atom is 0.338 e. The van der Waals surface area contributed by atoms with Crippen molar-refractivity contribution in [1.29, 1.82) is 5.26 Å². The summed E-state index contributed by atoms with van der Waals surface area (Å²) in [4.78, 5) is 12.8. The van der Waals surface area contributed by atoms with Crippen LogP contribution in [0.25, 0.3) is 5.69 Å². The van der Waals surface area contributed by atoms with Crippen LogP contribution in [0.1, 0.15) is 36.5 Å². The number of hydrogen-bond donors (Lipinski definition) is 1. The van der Waals surface area contributed by atoms with Gasteiger partial charge in [0.1, 0.15) is 17.4 Å². The molecular weight excluding hydrogens is 356 g/mol. The quantitative estimate of drug-likeness (QED) is 0.820. The lowest BCUT2D eigenvalue weighted by Crippen LogP contribution is -2.26. The van der Waals surface area contributed by atoms with Gasteiger partial charge in [0.15, 0.2) is 0 Å². The number of esters is 1. The van der Waals surface area contributed by atoms with E-state index in [-0.39, 0.29) is 23.6 Å². The van der Waals surface area contributed by atoms with Crippen molar-refractivity contribution in [3.05, 3.63) is 70.1 Å². The van der Waals surface area contributed by atoms with E-state index in [2.05, 4.69) is 11.2 Å². The number of aryl methyl sites for hydroxylation is 2. The summed E-state index contributed by atoms with van der Waals surface area (Å²) in [6.07, 6.45) is 3.50. The Morgan fingerprint density at radius 3 is 2.75 bits per heavy atom. The van der Waals surface area contributed by atoms with Gasteiger partial charge in [-0.2, -0.15) is 10.4 Å². The van der Waals surface area contributed by atoms with Crippen molar-refractivity contribution in [2.24, 2.45) is 5.73 Å².